The highest BCUT2D eigenvalue weighted by Gasteiger charge is 2.04. The Hall–Kier alpha value is -1.06. The van der Waals surface area contributed by atoms with Crippen LogP contribution >= 0.6 is 0 Å². The summed E-state index contributed by atoms with van der Waals surface area (Å²) in [6, 6.07) is 0. The number of aliphatic carboxylic acids is 1. The van der Waals surface area contributed by atoms with E-state index in [0.717, 1.165) is 0 Å². The van der Waals surface area contributed by atoms with E-state index >= 15 is 0 Å². The maximum atomic E-state index is 10.8. The Bertz CT molecular complexity index is 162. The highest BCUT2D eigenvalue weighted by molar-refractivity contribution is 5.70. The van der Waals surface area contributed by atoms with Crippen molar-refractivity contribution < 1.29 is 19.4 Å². The fourth-order valence-electron chi connectivity index (χ4n) is 0.699. The van der Waals surface area contributed by atoms with Gasteiger partial charge in [0.25, 0.3) is 0 Å². The monoisotopic (exact) mass is 173 g/mol. The number of rotatable bonds is 5. The number of hydrogen-bond donors (Lipinski definition) is 0. The molecule has 0 aromatic heterocycles. The third-order valence-corrected chi connectivity index (χ3v) is 1.13. The number of esters is 1. The first kappa shape index (κ1) is 10.9. The minimum atomic E-state index is -1.13. The molecular weight excluding hydrogens is 160 g/mol. The Kier molecular flexibility index (Phi) is 5.08. The van der Waals surface area contributed by atoms with Crippen LogP contribution in [0.25, 0.3) is 0 Å². The van der Waals surface area contributed by atoms with E-state index in [1.807, 2.05) is 0 Å². The Balaban J connectivity index is 3.38. The first-order valence-corrected chi connectivity index (χ1v) is 3.91. The van der Waals surface area contributed by atoms with Gasteiger partial charge in [0.1, 0.15) is 0 Å². The van der Waals surface area contributed by atoms with E-state index in [0.29, 0.717) is 0 Å². The van der Waals surface area contributed by atoms with E-state index < -0.39 is 5.97 Å². The molecule has 0 spiro atoms. The molecule has 0 N–H and O–H groups in total. The molecule has 4 nitrogen and oxygen atoms in total. The van der Waals surface area contributed by atoms with Crippen LogP contribution in [-0.4, -0.2) is 18.0 Å². The first-order valence-electron chi connectivity index (χ1n) is 3.91. The summed E-state index contributed by atoms with van der Waals surface area (Å²) in [5.41, 5.74) is 0. The Labute approximate surface area is 71.5 Å². The molecule has 12 heavy (non-hydrogen) atoms. The Morgan fingerprint density at radius 3 is 2.33 bits per heavy atom. The second-order valence-corrected chi connectivity index (χ2v) is 2.76. The molecule has 70 valence electrons. The van der Waals surface area contributed by atoms with Crippen molar-refractivity contribution in [3.63, 3.8) is 0 Å². The summed E-state index contributed by atoms with van der Waals surface area (Å²) in [7, 11) is 0. The number of carboxylic acids is 1. The molecule has 0 amide bonds. The minimum absolute atomic E-state index is 0.0901. The van der Waals surface area contributed by atoms with Crippen LogP contribution in [0.3, 0.4) is 0 Å². The number of hydrogen-bond acceptors (Lipinski definition) is 4. The van der Waals surface area contributed by atoms with Crippen LogP contribution in [0.4, 0.5) is 0 Å². The van der Waals surface area contributed by atoms with Gasteiger partial charge in [0.15, 0.2) is 0 Å². The van der Waals surface area contributed by atoms with E-state index in [9.17, 15) is 14.7 Å². The highest BCUT2D eigenvalue weighted by atomic mass is 16.5. The quantitative estimate of drug-likeness (QED) is 0.542. The van der Waals surface area contributed by atoms with Gasteiger partial charge in [-0.15, -0.1) is 0 Å². The number of carbonyl (C=O) groups is 2. The summed E-state index contributed by atoms with van der Waals surface area (Å²) in [5.74, 6) is -1.49. The lowest BCUT2D eigenvalue weighted by molar-refractivity contribution is -0.305. The fourth-order valence-corrected chi connectivity index (χ4v) is 0.699. The normalized spacial score (nSPS) is 9.92. The summed E-state index contributed by atoms with van der Waals surface area (Å²) < 4.78 is 4.78. The molecule has 0 bridgehead atoms. The van der Waals surface area contributed by atoms with Gasteiger partial charge in [0, 0.05) is 12.4 Å². The van der Waals surface area contributed by atoms with Crippen molar-refractivity contribution in [3.05, 3.63) is 0 Å². The van der Waals surface area contributed by atoms with Crippen LogP contribution in [-0.2, 0) is 14.3 Å². The van der Waals surface area contributed by atoms with Gasteiger partial charge in [-0.3, -0.25) is 4.79 Å². The van der Waals surface area contributed by atoms with Crippen molar-refractivity contribution in [2.24, 2.45) is 0 Å². The molecule has 0 heterocycles. The lowest BCUT2D eigenvalue weighted by Gasteiger charge is -2.07. The van der Waals surface area contributed by atoms with Crippen LogP contribution in [0, 0.1) is 0 Å². The van der Waals surface area contributed by atoms with Crippen LogP contribution < -0.4 is 5.11 Å². The van der Waals surface area contributed by atoms with Crippen LogP contribution in [0.1, 0.15) is 33.1 Å². The molecule has 0 aromatic carbocycles. The summed E-state index contributed by atoms with van der Waals surface area (Å²) >= 11 is 0. The van der Waals surface area contributed by atoms with Crippen molar-refractivity contribution in [1.29, 1.82) is 0 Å². The van der Waals surface area contributed by atoms with Gasteiger partial charge in [-0.2, -0.15) is 0 Å². The third-order valence-electron chi connectivity index (χ3n) is 1.13. The van der Waals surface area contributed by atoms with Crippen LogP contribution in [0.2, 0.25) is 0 Å². The maximum absolute atomic E-state index is 10.8. The summed E-state index contributed by atoms with van der Waals surface area (Å²) in [5, 5.41) is 9.94. The molecule has 0 atom stereocenters. The molecule has 4 heteroatoms. The lowest BCUT2D eigenvalue weighted by Crippen LogP contribution is -2.22. The molecule has 0 aromatic rings. The smallest absolute Gasteiger partial charge is 0.306 e. The zero-order valence-corrected chi connectivity index (χ0v) is 7.33. The summed E-state index contributed by atoms with van der Waals surface area (Å²) in [6.07, 6.45) is 0.202. The van der Waals surface area contributed by atoms with Crippen LogP contribution in [0.5, 0.6) is 0 Å². The SMILES string of the molecule is CC(C)OC(=O)CCCC(=O)[O-]. The lowest BCUT2D eigenvalue weighted by atomic mass is 10.2. The van der Waals surface area contributed by atoms with Gasteiger partial charge < -0.3 is 14.6 Å². The van der Waals surface area contributed by atoms with Gasteiger partial charge in [-0.25, -0.2) is 0 Å². The molecule has 0 aliphatic carbocycles. The Morgan fingerprint density at radius 2 is 1.92 bits per heavy atom. The molecule has 0 radical (unpaired) electrons. The van der Waals surface area contributed by atoms with E-state index in [1.165, 1.54) is 0 Å². The molecule has 0 fully saturated rings. The van der Waals surface area contributed by atoms with Gasteiger partial charge in [-0.1, -0.05) is 0 Å². The fraction of sp³-hybridized carbons (Fsp3) is 0.750. The van der Waals surface area contributed by atoms with E-state index in [1.54, 1.807) is 13.8 Å². The van der Waals surface area contributed by atoms with Crippen LogP contribution in [0.15, 0.2) is 0 Å². The molecule has 0 saturated heterocycles. The highest BCUT2D eigenvalue weighted by Crippen LogP contribution is 1.99. The molecule has 0 rings (SSSR count). The van der Waals surface area contributed by atoms with Gasteiger partial charge in [-0.05, 0) is 26.7 Å². The van der Waals surface area contributed by atoms with E-state index in [2.05, 4.69) is 0 Å². The second-order valence-electron chi connectivity index (χ2n) is 2.76. The topological polar surface area (TPSA) is 66.4 Å². The second kappa shape index (κ2) is 5.57. The van der Waals surface area contributed by atoms with Crippen molar-refractivity contribution in [2.75, 3.05) is 0 Å². The number of carbonyl (C=O) groups excluding carboxylic acids is 2. The van der Waals surface area contributed by atoms with Gasteiger partial charge >= 0.3 is 5.97 Å². The standard InChI is InChI=1S/C8H14O4/c1-6(2)12-8(11)5-3-4-7(9)10/h6H,3-5H2,1-2H3,(H,9,10)/p-1. The van der Waals surface area contributed by atoms with Crippen molar-refractivity contribution in [1.82, 2.24) is 0 Å². The Morgan fingerprint density at radius 1 is 1.33 bits per heavy atom. The first-order chi connectivity index (χ1) is 5.52. The summed E-state index contributed by atoms with van der Waals surface area (Å²) in [4.78, 5) is 20.7. The molecular formula is C8H13O4-. The number of ether oxygens (including phenoxy) is 1. The van der Waals surface area contributed by atoms with E-state index in [-0.39, 0.29) is 31.3 Å². The van der Waals surface area contributed by atoms with Gasteiger partial charge in [0.2, 0.25) is 0 Å². The maximum Gasteiger partial charge on any atom is 0.306 e. The van der Waals surface area contributed by atoms with Gasteiger partial charge in [0.05, 0.1) is 6.10 Å². The minimum Gasteiger partial charge on any atom is -0.550 e. The van der Waals surface area contributed by atoms with Crippen molar-refractivity contribution in [3.8, 4) is 0 Å². The van der Waals surface area contributed by atoms with Crippen molar-refractivity contribution >= 4 is 11.9 Å². The van der Waals surface area contributed by atoms with Crippen molar-refractivity contribution in [2.45, 2.75) is 39.2 Å². The average Bonchev–Trinajstić information content (AvgIpc) is 1.84. The number of carboxylic acid groups (broad SMARTS) is 1. The zero-order valence-electron chi connectivity index (χ0n) is 7.33. The average molecular weight is 173 g/mol. The third kappa shape index (κ3) is 7.05. The largest absolute Gasteiger partial charge is 0.550 e. The molecule has 0 saturated carbocycles. The summed E-state index contributed by atoms with van der Waals surface area (Å²) in [6.45, 7) is 3.49. The zero-order chi connectivity index (χ0) is 9.56. The van der Waals surface area contributed by atoms with E-state index in [4.69, 9.17) is 4.74 Å². The predicted octanol–water partition coefficient (Wildman–Crippen LogP) is -0.142. The molecule has 0 aliphatic heterocycles. The molecule has 0 aliphatic rings. The predicted molar refractivity (Wildman–Crippen MR) is 40.1 cm³/mol. The molecule has 0 unspecified atom stereocenters.